The van der Waals surface area contributed by atoms with Crippen molar-refractivity contribution >= 4 is 0 Å². The molecule has 0 radical (unpaired) electrons. The number of nitrogens with one attached hydrogen (secondary N) is 1. The van der Waals surface area contributed by atoms with Crippen molar-refractivity contribution in [3.8, 4) is 0 Å². The van der Waals surface area contributed by atoms with Crippen LogP contribution in [0.5, 0.6) is 0 Å². The highest BCUT2D eigenvalue weighted by molar-refractivity contribution is 4.98. The van der Waals surface area contributed by atoms with E-state index in [1.165, 1.54) is 38.8 Å². The Labute approximate surface area is 87.4 Å². The smallest absolute Gasteiger partial charge is 0.0552 e. The van der Waals surface area contributed by atoms with Crippen molar-refractivity contribution in [1.29, 1.82) is 0 Å². The van der Waals surface area contributed by atoms with Crippen LogP contribution >= 0.6 is 0 Å². The summed E-state index contributed by atoms with van der Waals surface area (Å²) in [4.78, 5) is 0. The summed E-state index contributed by atoms with van der Waals surface area (Å²) in [5.74, 6) is 0.933. The van der Waals surface area contributed by atoms with Crippen molar-refractivity contribution in [2.24, 2.45) is 11.3 Å². The minimum Gasteiger partial charge on any atom is -0.378 e. The van der Waals surface area contributed by atoms with Crippen molar-refractivity contribution < 1.29 is 4.74 Å². The standard InChI is InChI=1S/C12H23NO/c1-10(2)14-9-12(7-13-8-12)11-5-3-4-6-11/h10-11,13H,3-9H2,1-2H3. The molecule has 0 aromatic rings. The zero-order chi connectivity index (χ0) is 10.0. The minimum absolute atomic E-state index is 0.383. The topological polar surface area (TPSA) is 21.3 Å². The molecule has 0 spiro atoms. The Hall–Kier alpha value is -0.0800. The first-order chi connectivity index (χ1) is 6.73. The van der Waals surface area contributed by atoms with Gasteiger partial charge in [0.25, 0.3) is 0 Å². The van der Waals surface area contributed by atoms with Crippen molar-refractivity contribution in [2.45, 2.75) is 45.6 Å². The van der Waals surface area contributed by atoms with Gasteiger partial charge in [-0.2, -0.15) is 0 Å². The molecule has 1 N–H and O–H groups in total. The van der Waals surface area contributed by atoms with Gasteiger partial charge in [0.05, 0.1) is 12.7 Å². The largest absolute Gasteiger partial charge is 0.378 e. The van der Waals surface area contributed by atoms with Crippen LogP contribution in [0, 0.1) is 11.3 Å². The van der Waals surface area contributed by atoms with E-state index in [9.17, 15) is 0 Å². The van der Waals surface area contributed by atoms with E-state index in [2.05, 4.69) is 19.2 Å². The second-order valence-corrected chi connectivity index (χ2v) is 5.31. The van der Waals surface area contributed by atoms with Crippen LogP contribution in [0.2, 0.25) is 0 Å². The normalized spacial score (nSPS) is 26.8. The van der Waals surface area contributed by atoms with E-state index < -0.39 is 0 Å². The van der Waals surface area contributed by atoms with E-state index in [1.54, 1.807) is 0 Å². The lowest BCUT2D eigenvalue weighted by atomic mass is 9.70. The van der Waals surface area contributed by atoms with E-state index in [1.807, 2.05) is 0 Å². The Bertz CT molecular complexity index is 181. The number of hydrogen-bond acceptors (Lipinski definition) is 2. The highest BCUT2D eigenvalue weighted by atomic mass is 16.5. The van der Waals surface area contributed by atoms with Crippen molar-refractivity contribution in [2.75, 3.05) is 19.7 Å². The van der Waals surface area contributed by atoms with Gasteiger partial charge in [0.1, 0.15) is 0 Å². The summed E-state index contributed by atoms with van der Waals surface area (Å²) in [6, 6.07) is 0. The van der Waals surface area contributed by atoms with E-state index in [0.29, 0.717) is 11.5 Å². The maximum Gasteiger partial charge on any atom is 0.0552 e. The second-order valence-electron chi connectivity index (χ2n) is 5.31. The maximum atomic E-state index is 5.82. The molecule has 0 unspecified atom stereocenters. The van der Waals surface area contributed by atoms with E-state index >= 15 is 0 Å². The molecule has 2 heteroatoms. The van der Waals surface area contributed by atoms with Crippen LogP contribution < -0.4 is 5.32 Å². The average molecular weight is 197 g/mol. The molecule has 0 aromatic heterocycles. The summed E-state index contributed by atoms with van der Waals surface area (Å²) in [5, 5.41) is 3.42. The Morgan fingerprint density at radius 2 is 1.93 bits per heavy atom. The third-order valence-electron chi connectivity index (χ3n) is 3.88. The lowest BCUT2D eigenvalue weighted by Crippen LogP contribution is -2.59. The van der Waals surface area contributed by atoms with E-state index in [-0.39, 0.29) is 0 Å². The van der Waals surface area contributed by atoms with Crippen molar-refractivity contribution in [3.05, 3.63) is 0 Å². The molecule has 2 rings (SSSR count). The Morgan fingerprint density at radius 3 is 2.36 bits per heavy atom. The predicted molar refractivity (Wildman–Crippen MR) is 58.3 cm³/mol. The third kappa shape index (κ3) is 1.96. The zero-order valence-electron chi connectivity index (χ0n) is 9.51. The summed E-state index contributed by atoms with van der Waals surface area (Å²) in [6.45, 7) is 7.61. The molecule has 0 amide bonds. The molecular weight excluding hydrogens is 174 g/mol. The lowest BCUT2D eigenvalue weighted by molar-refractivity contribution is -0.0502. The molecule has 0 aromatic carbocycles. The van der Waals surface area contributed by atoms with E-state index in [0.717, 1.165) is 12.5 Å². The van der Waals surface area contributed by atoms with Gasteiger partial charge in [0, 0.05) is 18.5 Å². The third-order valence-corrected chi connectivity index (χ3v) is 3.88. The van der Waals surface area contributed by atoms with Crippen molar-refractivity contribution in [3.63, 3.8) is 0 Å². The average Bonchev–Trinajstić information content (AvgIpc) is 2.55. The van der Waals surface area contributed by atoms with Gasteiger partial charge in [-0.05, 0) is 32.6 Å². The Morgan fingerprint density at radius 1 is 1.29 bits per heavy atom. The van der Waals surface area contributed by atoms with Gasteiger partial charge >= 0.3 is 0 Å². The number of rotatable bonds is 4. The summed E-state index contributed by atoms with van der Waals surface area (Å²) in [7, 11) is 0. The van der Waals surface area contributed by atoms with Crippen LogP contribution in [0.15, 0.2) is 0 Å². The molecule has 1 heterocycles. The SMILES string of the molecule is CC(C)OCC1(C2CCCC2)CNC1. The Balaban J connectivity index is 1.88. The molecule has 14 heavy (non-hydrogen) atoms. The fourth-order valence-corrected chi connectivity index (χ4v) is 2.83. The van der Waals surface area contributed by atoms with Gasteiger partial charge in [0.2, 0.25) is 0 Å². The molecule has 1 saturated heterocycles. The van der Waals surface area contributed by atoms with Crippen LogP contribution in [-0.4, -0.2) is 25.8 Å². The van der Waals surface area contributed by atoms with Crippen molar-refractivity contribution in [1.82, 2.24) is 5.32 Å². The summed E-state index contributed by atoms with van der Waals surface area (Å²) >= 11 is 0. The van der Waals surface area contributed by atoms with Gasteiger partial charge in [0.15, 0.2) is 0 Å². The minimum atomic E-state index is 0.383. The van der Waals surface area contributed by atoms with Crippen LogP contribution in [0.4, 0.5) is 0 Å². The first-order valence-corrected chi connectivity index (χ1v) is 6.05. The maximum absolute atomic E-state index is 5.82. The predicted octanol–water partition coefficient (Wildman–Crippen LogP) is 2.19. The monoisotopic (exact) mass is 197 g/mol. The van der Waals surface area contributed by atoms with Gasteiger partial charge < -0.3 is 10.1 Å². The summed E-state index contributed by atoms with van der Waals surface area (Å²) in [5.41, 5.74) is 0.501. The molecule has 1 aliphatic heterocycles. The van der Waals surface area contributed by atoms with Gasteiger partial charge in [-0.3, -0.25) is 0 Å². The summed E-state index contributed by atoms with van der Waals surface area (Å²) in [6.07, 6.45) is 6.13. The summed E-state index contributed by atoms with van der Waals surface area (Å²) < 4.78 is 5.82. The number of ether oxygens (including phenoxy) is 1. The molecule has 2 aliphatic rings. The van der Waals surface area contributed by atoms with Crippen LogP contribution in [-0.2, 0) is 4.74 Å². The van der Waals surface area contributed by atoms with Crippen LogP contribution in [0.25, 0.3) is 0 Å². The molecular formula is C12H23NO. The van der Waals surface area contributed by atoms with Crippen LogP contribution in [0.1, 0.15) is 39.5 Å². The fourth-order valence-electron chi connectivity index (χ4n) is 2.83. The van der Waals surface area contributed by atoms with Gasteiger partial charge in [-0.15, -0.1) is 0 Å². The molecule has 1 saturated carbocycles. The van der Waals surface area contributed by atoms with Crippen LogP contribution in [0.3, 0.4) is 0 Å². The highest BCUT2D eigenvalue weighted by Gasteiger charge is 2.45. The highest BCUT2D eigenvalue weighted by Crippen LogP contribution is 2.42. The number of hydrogen-bond donors (Lipinski definition) is 1. The first-order valence-electron chi connectivity index (χ1n) is 6.05. The Kier molecular flexibility index (Phi) is 3.13. The molecule has 2 nitrogen and oxygen atoms in total. The van der Waals surface area contributed by atoms with Gasteiger partial charge in [-0.25, -0.2) is 0 Å². The molecule has 82 valence electrons. The zero-order valence-corrected chi connectivity index (χ0v) is 9.51. The lowest BCUT2D eigenvalue weighted by Gasteiger charge is -2.47. The first kappa shape index (κ1) is 10.4. The van der Waals surface area contributed by atoms with Gasteiger partial charge in [-0.1, -0.05) is 12.8 Å². The molecule has 0 atom stereocenters. The van der Waals surface area contributed by atoms with E-state index in [4.69, 9.17) is 4.74 Å². The molecule has 2 fully saturated rings. The fraction of sp³-hybridized carbons (Fsp3) is 1.00. The molecule has 0 bridgehead atoms. The second kappa shape index (κ2) is 4.19. The quantitative estimate of drug-likeness (QED) is 0.746. The molecule has 1 aliphatic carbocycles.